The summed E-state index contributed by atoms with van der Waals surface area (Å²) in [4.78, 5) is 0. The van der Waals surface area contributed by atoms with Gasteiger partial charge in [0.1, 0.15) is 0 Å². The predicted octanol–water partition coefficient (Wildman–Crippen LogP) is 2.17. The fraction of sp³-hybridized carbons (Fsp3) is 0.286. The zero-order chi connectivity index (χ0) is 9.90. The van der Waals surface area contributed by atoms with Gasteiger partial charge in [-0.25, -0.2) is 0 Å². The van der Waals surface area contributed by atoms with Gasteiger partial charge in [-0.05, 0) is 0 Å². The second-order valence-electron chi connectivity index (χ2n) is 2.09. The van der Waals surface area contributed by atoms with E-state index in [2.05, 4.69) is 32.9 Å². The van der Waals surface area contributed by atoms with Crippen molar-refractivity contribution in [2.24, 2.45) is 0 Å². The summed E-state index contributed by atoms with van der Waals surface area (Å²) in [7, 11) is 0. The van der Waals surface area contributed by atoms with Crippen LogP contribution in [0.1, 0.15) is 11.3 Å². The maximum atomic E-state index is 12.2. The van der Waals surface area contributed by atoms with E-state index in [-0.39, 0.29) is 5.56 Å². The summed E-state index contributed by atoms with van der Waals surface area (Å²) in [5, 5.41) is 5.47. The van der Waals surface area contributed by atoms with Crippen molar-refractivity contribution in [3.63, 3.8) is 0 Å². The molecule has 0 radical (unpaired) electrons. The summed E-state index contributed by atoms with van der Waals surface area (Å²) in [6.45, 7) is 0. The largest absolute Gasteiger partial charge is 0.434 e. The van der Waals surface area contributed by atoms with E-state index in [0.717, 1.165) is 6.20 Å². The number of alkyl halides is 4. The van der Waals surface area contributed by atoms with Crippen molar-refractivity contribution in [3.05, 3.63) is 17.5 Å². The minimum absolute atomic E-state index is 0.132. The minimum atomic E-state index is -4.42. The molecule has 0 aliphatic rings. The van der Waals surface area contributed by atoms with E-state index in [0.29, 0.717) is 5.33 Å². The van der Waals surface area contributed by atoms with Crippen LogP contribution in [0.4, 0.5) is 13.2 Å². The SMILES string of the molecule is FC(F)(F)c1[nH]ncc1C#CCBr. The van der Waals surface area contributed by atoms with Gasteiger partial charge in [-0.15, -0.1) is 0 Å². The molecule has 0 atom stereocenters. The molecule has 1 heterocycles. The lowest BCUT2D eigenvalue weighted by molar-refractivity contribution is -0.141. The summed E-state index contributed by atoms with van der Waals surface area (Å²) >= 11 is 2.98. The first kappa shape index (κ1) is 10.1. The molecule has 1 aromatic heterocycles. The first-order valence-corrected chi connectivity index (χ1v) is 4.33. The number of hydrogen-bond donors (Lipinski definition) is 1. The quantitative estimate of drug-likeness (QED) is 0.557. The highest BCUT2D eigenvalue weighted by atomic mass is 79.9. The molecule has 0 bridgehead atoms. The molecule has 0 saturated carbocycles. The van der Waals surface area contributed by atoms with Crippen molar-refractivity contribution in [1.82, 2.24) is 10.2 Å². The molecule has 0 amide bonds. The third kappa shape index (κ3) is 2.49. The molecule has 70 valence electrons. The number of nitrogens with one attached hydrogen (secondary N) is 1. The highest BCUT2D eigenvalue weighted by Crippen LogP contribution is 2.29. The lowest BCUT2D eigenvalue weighted by Gasteiger charge is -2.02. The zero-order valence-electron chi connectivity index (χ0n) is 6.24. The Labute approximate surface area is 80.7 Å². The van der Waals surface area contributed by atoms with Gasteiger partial charge in [0.05, 0.1) is 17.1 Å². The number of H-pyrrole nitrogens is 1. The molecule has 0 spiro atoms. The van der Waals surface area contributed by atoms with Crippen LogP contribution < -0.4 is 0 Å². The van der Waals surface area contributed by atoms with Crippen molar-refractivity contribution in [2.45, 2.75) is 6.18 Å². The second kappa shape index (κ2) is 3.83. The van der Waals surface area contributed by atoms with E-state index < -0.39 is 11.9 Å². The van der Waals surface area contributed by atoms with Gasteiger partial charge in [0, 0.05) is 0 Å². The zero-order valence-corrected chi connectivity index (χ0v) is 7.83. The number of nitrogens with zero attached hydrogens (tertiary/aromatic N) is 1. The Hall–Kier alpha value is -0.960. The van der Waals surface area contributed by atoms with Crippen molar-refractivity contribution < 1.29 is 13.2 Å². The minimum Gasteiger partial charge on any atom is -0.273 e. The highest BCUT2D eigenvalue weighted by Gasteiger charge is 2.35. The first-order valence-electron chi connectivity index (χ1n) is 3.21. The highest BCUT2D eigenvalue weighted by molar-refractivity contribution is 9.09. The number of rotatable bonds is 0. The Bertz CT molecular complexity index is 345. The molecule has 1 rings (SSSR count). The molecule has 6 heteroatoms. The fourth-order valence-electron chi connectivity index (χ4n) is 0.726. The summed E-state index contributed by atoms with van der Waals surface area (Å²) < 4.78 is 36.5. The lowest BCUT2D eigenvalue weighted by atomic mass is 10.2. The first-order chi connectivity index (χ1) is 6.05. The van der Waals surface area contributed by atoms with Crippen LogP contribution in [0.3, 0.4) is 0 Å². The van der Waals surface area contributed by atoms with Gasteiger partial charge in [0.2, 0.25) is 0 Å². The van der Waals surface area contributed by atoms with E-state index in [4.69, 9.17) is 0 Å². The number of hydrogen-bond acceptors (Lipinski definition) is 1. The molecule has 0 fully saturated rings. The van der Waals surface area contributed by atoms with E-state index >= 15 is 0 Å². The Kier molecular flexibility index (Phi) is 2.98. The predicted molar refractivity (Wildman–Crippen MR) is 44.3 cm³/mol. The molecule has 2 nitrogen and oxygen atoms in total. The smallest absolute Gasteiger partial charge is 0.273 e. The maximum absolute atomic E-state index is 12.2. The van der Waals surface area contributed by atoms with Gasteiger partial charge in [0.25, 0.3) is 0 Å². The summed E-state index contributed by atoms with van der Waals surface area (Å²) in [6.07, 6.45) is -3.37. The number of halogens is 4. The molecular formula is C7H4BrF3N2. The molecule has 0 aromatic carbocycles. The summed E-state index contributed by atoms with van der Waals surface area (Å²) in [5.41, 5.74) is -1.03. The standard InChI is InChI=1S/C7H4BrF3N2/c8-3-1-2-5-4-12-13-6(5)7(9,10)11/h4H,3H2,(H,12,13). The fourth-order valence-corrected chi connectivity index (χ4v) is 0.866. The van der Waals surface area contributed by atoms with Gasteiger partial charge in [-0.1, -0.05) is 27.8 Å². The van der Waals surface area contributed by atoms with Crippen LogP contribution in [-0.4, -0.2) is 15.5 Å². The van der Waals surface area contributed by atoms with Gasteiger partial charge in [0.15, 0.2) is 5.69 Å². The molecule has 0 aliphatic heterocycles. The average Bonchev–Trinajstić information content (AvgIpc) is 2.47. The van der Waals surface area contributed by atoms with E-state index in [1.807, 2.05) is 5.10 Å². The Morgan fingerprint density at radius 3 is 2.77 bits per heavy atom. The second-order valence-corrected chi connectivity index (χ2v) is 2.65. The van der Waals surface area contributed by atoms with Crippen LogP contribution in [0.2, 0.25) is 0 Å². The summed E-state index contributed by atoms with van der Waals surface area (Å²) in [5.74, 6) is 4.81. The van der Waals surface area contributed by atoms with Crippen molar-refractivity contribution in [1.29, 1.82) is 0 Å². The van der Waals surface area contributed by atoms with Crippen molar-refractivity contribution in [2.75, 3.05) is 5.33 Å². The Morgan fingerprint density at radius 1 is 1.54 bits per heavy atom. The Balaban J connectivity index is 3.03. The molecular weight excluding hydrogens is 249 g/mol. The van der Waals surface area contributed by atoms with E-state index in [1.165, 1.54) is 0 Å². The molecule has 0 saturated heterocycles. The third-order valence-corrected chi connectivity index (χ3v) is 1.49. The van der Waals surface area contributed by atoms with Crippen molar-refractivity contribution >= 4 is 15.9 Å². The van der Waals surface area contributed by atoms with Gasteiger partial charge >= 0.3 is 6.18 Å². The van der Waals surface area contributed by atoms with Crippen molar-refractivity contribution in [3.8, 4) is 11.8 Å². The van der Waals surface area contributed by atoms with Gasteiger partial charge in [-0.2, -0.15) is 18.3 Å². The maximum Gasteiger partial charge on any atom is 0.434 e. The van der Waals surface area contributed by atoms with Crippen LogP contribution in [0.15, 0.2) is 6.20 Å². The van der Waals surface area contributed by atoms with Crippen LogP contribution in [-0.2, 0) is 6.18 Å². The molecule has 0 unspecified atom stereocenters. The van der Waals surface area contributed by atoms with Crippen LogP contribution in [0, 0.1) is 11.8 Å². The molecule has 0 aliphatic carbocycles. The topological polar surface area (TPSA) is 28.7 Å². The summed E-state index contributed by atoms with van der Waals surface area (Å²) in [6, 6.07) is 0. The van der Waals surface area contributed by atoms with Gasteiger partial charge < -0.3 is 0 Å². The lowest BCUT2D eigenvalue weighted by Crippen LogP contribution is -2.07. The molecule has 13 heavy (non-hydrogen) atoms. The number of aromatic nitrogens is 2. The monoisotopic (exact) mass is 252 g/mol. The Morgan fingerprint density at radius 2 is 2.23 bits per heavy atom. The van der Waals surface area contributed by atoms with Crippen LogP contribution in [0.25, 0.3) is 0 Å². The van der Waals surface area contributed by atoms with E-state index in [1.54, 1.807) is 0 Å². The third-order valence-electron chi connectivity index (χ3n) is 1.21. The number of aromatic amines is 1. The van der Waals surface area contributed by atoms with Gasteiger partial charge in [-0.3, -0.25) is 5.10 Å². The average molecular weight is 253 g/mol. The van der Waals surface area contributed by atoms with Crippen LogP contribution >= 0.6 is 15.9 Å². The molecule has 1 aromatic rings. The molecule has 1 N–H and O–H groups in total. The van der Waals surface area contributed by atoms with Crippen LogP contribution in [0.5, 0.6) is 0 Å². The van der Waals surface area contributed by atoms with E-state index in [9.17, 15) is 13.2 Å². The normalized spacial score (nSPS) is 10.8.